The van der Waals surface area contributed by atoms with Gasteiger partial charge in [-0.05, 0) is 57.6 Å². The first-order chi connectivity index (χ1) is 16.1. The molecule has 0 aliphatic rings. The number of nitrogens with one attached hydrogen (secondary N) is 1. The number of methoxy groups -OCH3 is 1. The van der Waals surface area contributed by atoms with E-state index in [1.54, 1.807) is 7.11 Å². The third-order valence-corrected chi connectivity index (χ3v) is 5.49. The van der Waals surface area contributed by atoms with Crippen molar-refractivity contribution in [2.45, 2.75) is 39.7 Å². The van der Waals surface area contributed by atoms with Crippen LogP contribution >= 0.6 is 7.82 Å². The summed E-state index contributed by atoms with van der Waals surface area (Å²) in [6.07, 6.45) is 2.33. The van der Waals surface area contributed by atoms with E-state index in [4.69, 9.17) is 29.0 Å². The van der Waals surface area contributed by atoms with E-state index in [1.165, 1.54) is 6.42 Å². The van der Waals surface area contributed by atoms with Gasteiger partial charge in [-0.1, -0.05) is 44.2 Å². The van der Waals surface area contributed by atoms with E-state index in [0.717, 1.165) is 59.7 Å². The molecule has 0 aliphatic heterocycles. The molecule has 0 aliphatic carbocycles. The minimum Gasteiger partial charge on any atom is -0.497 e. The standard InChI is InChI=1S/C25H33N3O.H3O4P/c1-5-28(6-2)16-10-11-19(3)26-25-18-23(20-12-8-7-9-13-20)27-24-17-21(29-4)14-15-22(24)25;1-5(2,3)4/h7-9,12-15,17-19H,5-6,10-11,16H2,1-4H3,(H,26,27);(H3,1,2,3,4). The van der Waals surface area contributed by atoms with Gasteiger partial charge in [-0.2, -0.15) is 0 Å². The molecular formula is C25H36N3O5P. The van der Waals surface area contributed by atoms with Gasteiger partial charge in [0, 0.05) is 28.7 Å². The fourth-order valence-corrected chi connectivity index (χ4v) is 3.71. The average Bonchev–Trinajstić information content (AvgIpc) is 2.81. The van der Waals surface area contributed by atoms with Crippen LogP contribution in [0.3, 0.4) is 0 Å². The summed E-state index contributed by atoms with van der Waals surface area (Å²) in [4.78, 5) is 28.9. The van der Waals surface area contributed by atoms with Gasteiger partial charge in [-0.15, -0.1) is 0 Å². The fraction of sp³-hybridized carbons (Fsp3) is 0.400. The summed E-state index contributed by atoms with van der Waals surface area (Å²) in [5.41, 5.74) is 4.18. The van der Waals surface area contributed by atoms with E-state index in [0.29, 0.717) is 6.04 Å². The van der Waals surface area contributed by atoms with Crippen molar-refractivity contribution in [1.82, 2.24) is 9.88 Å². The number of phosphoric acid groups is 1. The first-order valence-electron chi connectivity index (χ1n) is 11.5. The minimum atomic E-state index is -4.64. The largest absolute Gasteiger partial charge is 0.497 e. The van der Waals surface area contributed by atoms with Crippen LogP contribution in [0.25, 0.3) is 22.2 Å². The maximum atomic E-state index is 8.88. The SMILES string of the molecule is CCN(CC)CCCC(C)Nc1cc(-c2ccccc2)nc2cc(OC)ccc12.O=P(O)(O)O. The molecule has 0 saturated heterocycles. The number of hydrogen-bond donors (Lipinski definition) is 4. The first-order valence-corrected chi connectivity index (χ1v) is 13.0. The number of nitrogens with zero attached hydrogens (tertiary/aromatic N) is 2. The molecule has 186 valence electrons. The maximum Gasteiger partial charge on any atom is 0.466 e. The lowest BCUT2D eigenvalue weighted by Crippen LogP contribution is -2.25. The zero-order valence-electron chi connectivity index (χ0n) is 20.3. The topological polar surface area (TPSA) is 115 Å². The second-order valence-corrected chi connectivity index (χ2v) is 9.06. The van der Waals surface area contributed by atoms with E-state index in [2.05, 4.69) is 67.4 Å². The number of benzene rings is 2. The monoisotopic (exact) mass is 489 g/mol. The van der Waals surface area contributed by atoms with Crippen LogP contribution in [0.2, 0.25) is 0 Å². The molecule has 0 bridgehead atoms. The van der Waals surface area contributed by atoms with E-state index in [-0.39, 0.29) is 0 Å². The van der Waals surface area contributed by atoms with Crippen LogP contribution in [0.1, 0.15) is 33.6 Å². The Morgan fingerprint density at radius 1 is 1.06 bits per heavy atom. The predicted molar refractivity (Wildman–Crippen MR) is 138 cm³/mol. The zero-order valence-corrected chi connectivity index (χ0v) is 21.2. The Balaban J connectivity index is 0.000000739. The van der Waals surface area contributed by atoms with Gasteiger partial charge in [-0.25, -0.2) is 9.55 Å². The van der Waals surface area contributed by atoms with Crippen LogP contribution in [-0.2, 0) is 4.57 Å². The van der Waals surface area contributed by atoms with Crippen molar-refractivity contribution in [1.29, 1.82) is 0 Å². The molecule has 34 heavy (non-hydrogen) atoms. The summed E-state index contributed by atoms with van der Waals surface area (Å²) in [5.74, 6) is 0.827. The molecule has 1 aromatic heterocycles. The number of hydrogen-bond acceptors (Lipinski definition) is 5. The van der Waals surface area contributed by atoms with E-state index in [9.17, 15) is 0 Å². The quantitative estimate of drug-likeness (QED) is 0.297. The van der Waals surface area contributed by atoms with Gasteiger partial charge in [0.1, 0.15) is 5.75 Å². The van der Waals surface area contributed by atoms with Crippen molar-refractivity contribution in [3.05, 3.63) is 54.6 Å². The van der Waals surface area contributed by atoms with Crippen molar-refractivity contribution >= 4 is 24.4 Å². The van der Waals surface area contributed by atoms with Crippen LogP contribution in [0.5, 0.6) is 5.75 Å². The molecule has 0 amide bonds. The minimum absolute atomic E-state index is 0.391. The molecule has 9 heteroatoms. The van der Waals surface area contributed by atoms with Gasteiger partial charge in [0.15, 0.2) is 0 Å². The predicted octanol–water partition coefficient (Wildman–Crippen LogP) is 4.90. The molecule has 0 spiro atoms. The second-order valence-electron chi connectivity index (χ2n) is 8.03. The number of pyridine rings is 1. The smallest absolute Gasteiger partial charge is 0.466 e. The number of fused-ring (bicyclic) bond motifs is 1. The highest BCUT2D eigenvalue weighted by molar-refractivity contribution is 7.45. The Hall–Kier alpha value is -2.48. The first kappa shape index (κ1) is 27.8. The number of rotatable bonds is 10. The van der Waals surface area contributed by atoms with Crippen LogP contribution in [-0.4, -0.2) is 57.4 Å². The van der Waals surface area contributed by atoms with Gasteiger partial charge in [-0.3, -0.25) is 0 Å². The van der Waals surface area contributed by atoms with Gasteiger partial charge < -0.3 is 29.6 Å². The molecule has 2 aromatic carbocycles. The molecule has 0 fully saturated rings. The average molecular weight is 490 g/mol. The Labute approximate surface area is 201 Å². The summed E-state index contributed by atoms with van der Waals surface area (Å²) >= 11 is 0. The van der Waals surface area contributed by atoms with Crippen LogP contribution in [0, 0.1) is 0 Å². The Bertz CT molecular complexity index is 1060. The van der Waals surface area contributed by atoms with E-state index in [1.807, 2.05) is 18.2 Å². The van der Waals surface area contributed by atoms with Gasteiger partial charge in [0.25, 0.3) is 0 Å². The number of aromatic nitrogens is 1. The molecular weight excluding hydrogens is 453 g/mol. The third kappa shape index (κ3) is 9.41. The fourth-order valence-electron chi connectivity index (χ4n) is 3.71. The highest BCUT2D eigenvalue weighted by Gasteiger charge is 2.11. The molecule has 0 saturated carbocycles. The molecule has 8 nitrogen and oxygen atoms in total. The lowest BCUT2D eigenvalue weighted by molar-refractivity contribution is 0.275. The molecule has 3 aromatic rings. The molecule has 1 unspecified atom stereocenters. The summed E-state index contributed by atoms with van der Waals surface area (Å²) in [7, 11) is -2.95. The van der Waals surface area contributed by atoms with Gasteiger partial charge in [0.05, 0.1) is 18.3 Å². The molecule has 3 rings (SSSR count). The molecule has 1 atom stereocenters. The van der Waals surface area contributed by atoms with Crippen molar-refractivity contribution in [3.8, 4) is 17.0 Å². The Morgan fingerprint density at radius 3 is 2.29 bits per heavy atom. The number of ether oxygens (including phenoxy) is 1. The van der Waals surface area contributed by atoms with Crippen molar-refractivity contribution in [2.75, 3.05) is 32.1 Å². The van der Waals surface area contributed by atoms with Gasteiger partial charge >= 0.3 is 7.82 Å². The summed E-state index contributed by atoms with van der Waals surface area (Å²) in [6.45, 7) is 10.1. The maximum absolute atomic E-state index is 8.88. The zero-order chi connectivity index (χ0) is 25.1. The van der Waals surface area contributed by atoms with Gasteiger partial charge in [0.2, 0.25) is 0 Å². The third-order valence-electron chi connectivity index (χ3n) is 5.49. The summed E-state index contributed by atoms with van der Waals surface area (Å²) < 4.78 is 14.3. The molecule has 0 radical (unpaired) electrons. The molecule has 4 N–H and O–H groups in total. The van der Waals surface area contributed by atoms with Crippen molar-refractivity contribution < 1.29 is 24.0 Å². The van der Waals surface area contributed by atoms with Crippen molar-refractivity contribution in [2.24, 2.45) is 0 Å². The van der Waals surface area contributed by atoms with Crippen LogP contribution in [0.4, 0.5) is 5.69 Å². The van der Waals surface area contributed by atoms with Crippen LogP contribution in [0.15, 0.2) is 54.6 Å². The lowest BCUT2D eigenvalue weighted by atomic mass is 10.1. The highest BCUT2D eigenvalue weighted by atomic mass is 31.2. The normalized spacial score (nSPS) is 12.2. The second kappa shape index (κ2) is 13.4. The highest BCUT2D eigenvalue weighted by Crippen LogP contribution is 2.31. The summed E-state index contributed by atoms with van der Waals surface area (Å²) in [6, 6.07) is 19.0. The van der Waals surface area contributed by atoms with E-state index >= 15 is 0 Å². The summed E-state index contributed by atoms with van der Waals surface area (Å²) in [5, 5.41) is 4.87. The Morgan fingerprint density at radius 2 is 1.71 bits per heavy atom. The molecule has 1 heterocycles. The number of anilines is 1. The van der Waals surface area contributed by atoms with E-state index < -0.39 is 7.82 Å². The lowest BCUT2D eigenvalue weighted by Gasteiger charge is -2.21. The van der Waals surface area contributed by atoms with Crippen molar-refractivity contribution in [3.63, 3.8) is 0 Å². The Kier molecular flexibility index (Phi) is 11.0. The van der Waals surface area contributed by atoms with Crippen LogP contribution < -0.4 is 10.1 Å².